The van der Waals surface area contributed by atoms with Crippen molar-refractivity contribution >= 4 is 10.8 Å². The van der Waals surface area contributed by atoms with Gasteiger partial charge in [-0.05, 0) is 23.1 Å². The third kappa shape index (κ3) is 2.88. The average Bonchev–Trinajstić information content (AvgIpc) is 2.54. The third-order valence-electron chi connectivity index (χ3n) is 3.62. The summed E-state index contributed by atoms with van der Waals surface area (Å²) in [5, 5.41) is 12.6. The van der Waals surface area contributed by atoms with E-state index in [1.807, 2.05) is 54.7 Å². The fourth-order valence-corrected chi connectivity index (χ4v) is 2.54. The summed E-state index contributed by atoms with van der Waals surface area (Å²) in [5.41, 5.74) is 1.89. The Morgan fingerprint density at radius 2 is 1.95 bits per heavy atom. The molecule has 3 aromatic rings. The van der Waals surface area contributed by atoms with E-state index >= 15 is 0 Å². The van der Waals surface area contributed by atoms with Crippen molar-refractivity contribution in [3.63, 3.8) is 0 Å². The maximum absolute atomic E-state index is 10.6. The predicted molar refractivity (Wildman–Crippen MR) is 83.4 cm³/mol. The lowest BCUT2D eigenvalue weighted by Gasteiger charge is -2.14. The standard InChI is InChI=1S/C18H17NO2/c1-21-15-7-4-5-13(9-15)10-18(20)17-12-19-11-14-6-2-3-8-16(14)17/h2-9,11-12,18,20H,10H2,1H3. The number of benzene rings is 2. The Morgan fingerprint density at radius 3 is 2.81 bits per heavy atom. The second kappa shape index (κ2) is 5.94. The number of fused-ring (bicyclic) bond motifs is 1. The summed E-state index contributed by atoms with van der Waals surface area (Å²) >= 11 is 0. The normalized spacial score (nSPS) is 12.3. The van der Waals surface area contributed by atoms with E-state index in [1.54, 1.807) is 13.3 Å². The number of nitrogens with zero attached hydrogens (tertiary/aromatic N) is 1. The Labute approximate surface area is 123 Å². The van der Waals surface area contributed by atoms with Crippen molar-refractivity contribution in [2.75, 3.05) is 7.11 Å². The topological polar surface area (TPSA) is 42.4 Å². The zero-order valence-electron chi connectivity index (χ0n) is 11.9. The average molecular weight is 279 g/mol. The van der Waals surface area contributed by atoms with E-state index in [-0.39, 0.29) is 0 Å². The molecule has 0 saturated carbocycles. The zero-order chi connectivity index (χ0) is 14.7. The predicted octanol–water partition coefficient (Wildman–Crippen LogP) is 3.52. The van der Waals surface area contributed by atoms with E-state index in [0.717, 1.165) is 27.6 Å². The second-order valence-electron chi connectivity index (χ2n) is 5.02. The van der Waals surface area contributed by atoms with Crippen molar-refractivity contribution in [1.82, 2.24) is 4.98 Å². The molecule has 0 radical (unpaired) electrons. The Kier molecular flexibility index (Phi) is 3.84. The number of pyridine rings is 1. The van der Waals surface area contributed by atoms with Gasteiger partial charge < -0.3 is 9.84 Å². The fourth-order valence-electron chi connectivity index (χ4n) is 2.54. The van der Waals surface area contributed by atoms with Gasteiger partial charge in [0.1, 0.15) is 5.75 Å². The molecular weight excluding hydrogens is 262 g/mol. The minimum atomic E-state index is -0.587. The van der Waals surface area contributed by atoms with E-state index < -0.39 is 6.10 Å². The SMILES string of the molecule is COc1cccc(CC(O)c2cncc3ccccc23)c1. The van der Waals surface area contributed by atoms with Crippen molar-refractivity contribution in [1.29, 1.82) is 0 Å². The largest absolute Gasteiger partial charge is 0.497 e. The van der Waals surface area contributed by atoms with E-state index in [4.69, 9.17) is 4.74 Å². The first kappa shape index (κ1) is 13.6. The highest BCUT2D eigenvalue weighted by Gasteiger charge is 2.12. The number of hydrogen-bond acceptors (Lipinski definition) is 3. The zero-order valence-corrected chi connectivity index (χ0v) is 11.9. The molecule has 1 unspecified atom stereocenters. The van der Waals surface area contributed by atoms with E-state index in [2.05, 4.69) is 4.98 Å². The quantitative estimate of drug-likeness (QED) is 0.794. The lowest BCUT2D eigenvalue weighted by molar-refractivity contribution is 0.179. The summed E-state index contributed by atoms with van der Waals surface area (Å²) < 4.78 is 5.22. The molecule has 3 rings (SSSR count). The first-order valence-electron chi connectivity index (χ1n) is 6.91. The van der Waals surface area contributed by atoms with Crippen LogP contribution in [0.15, 0.2) is 60.9 Å². The maximum Gasteiger partial charge on any atom is 0.119 e. The van der Waals surface area contributed by atoms with Crippen LogP contribution in [0.4, 0.5) is 0 Å². The van der Waals surface area contributed by atoms with Crippen LogP contribution in [0, 0.1) is 0 Å². The smallest absolute Gasteiger partial charge is 0.119 e. The molecule has 3 heteroatoms. The number of aromatic nitrogens is 1. The van der Waals surface area contributed by atoms with Crippen molar-refractivity contribution in [3.8, 4) is 5.75 Å². The van der Waals surface area contributed by atoms with E-state index in [0.29, 0.717) is 6.42 Å². The molecule has 1 heterocycles. The van der Waals surface area contributed by atoms with Crippen molar-refractivity contribution < 1.29 is 9.84 Å². The molecule has 0 aliphatic carbocycles. The summed E-state index contributed by atoms with van der Waals surface area (Å²) in [6.45, 7) is 0. The van der Waals surface area contributed by atoms with Gasteiger partial charge in [-0.15, -0.1) is 0 Å². The second-order valence-corrected chi connectivity index (χ2v) is 5.02. The minimum Gasteiger partial charge on any atom is -0.497 e. The highest BCUT2D eigenvalue weighted by Crippen LogP contribution is 2.26. The molecule has 2 aromatic carbocycles. The first-order valence-corrected chi connectivity index (χ1v) is 6.91. The molecule has 1 aromatic heterocycles. The van der Waals surface area contributed by atoms with Crippen LogP contribution in [0.1, 0.15) is 17.2 Å². The molecule has 3 nitrogen and oxygen atoms in total. The van der Waals surface area contributed by atoms with Gasteiger partial charge in [0, 0.05) is 29.8 Å². The number of ether oxygens (including phenoxy) is 1. The van der Waals surface area contributed by atoms with Gasteiger partial charge in [-0.1, -0.05) is 36.4 Å². The van der Waals surface area contributed by atoms with Crippen molar-refractivity contribution in [2.24, 2.45) is 0 Å². The molecule has 21 heavy (non-hydrogen) atoms. The molecule has 0 bridgehead atoms. The highest BCUT2D eigenvalue weighted by molar-refractivity contribution is 5.84. The van der Waals surface area contributed by atoms with Crippen molar-refractivity contribution in [3.05, 3.63) is 72.1 Å². The lowest BCUT2D eigenvalue weighted by atomic mass is 9.98. The van der Waals surface area contributed by atoms with Crippen LogP contribution >= 0.6 is 0 Å². The molecule has 1 N–H and O–H groups in total. The van der Waals surface area contributed by atoms with Gasteiger partial charge >= 0.3 is 0 Å². The molecule has 0 amide bonds. The van der Waals surface area contributed by atoms with Gasteiger partial charge in [0.05, 0.1) is 13.2 Å². The monoisotopic (exact) mass is 279 g/mol. The summed E-state index contributed by atoms with van der Waals surface area (Å²) in [5.74, 6) is 0.802. The van der Waals surface area contributed by atoms with Gasteiger partial charge in [-0.2, -0.15) is 0 Å². The Morgan fingerprint density at radius 1 is 1.10 bits per heavy atom. The van der Waals surface area contributed by atoms with Crippen LogP contribution < -0.4 is 4.74 Å². The van der Waals surface area contributed by atoms with Gasteiger partial charge in [-0.25, -0.2) is 0 Å². The van der Waals surface area contributed by atoms with Gasteiger partial charge in [0.15, 0.2) is 0 Å². The number of methoxy groups -OCH3 is 1. The van der Waals surface area contributed by atoms with Crippen LogP contribution in [0.5, 0.6) is 5.75 Å². The number of aliphatic hydroxyl groups is 1. The minimum absolute atomic E-state index is 0.535. The van der Waals surface area contributed by atoms with Gasteiger partial charge in [0.2, 0.25) is 0 Å². The van der Waals surface area contributed by atoms with Crippen LogP contribution in [0.25, 0.3) is 10.8 Å². The fraction of sp³-hybridized carbons (Fsp3) is 0.167. The Hall–Kier alpha value is -2.39. The van der Waals surface area contributed by atoms with Crippen LogP contribution in [0.3, 0.4) is 0 Å². The summed E-state index contributed by atoms with van der Waals surface area (Å²) in [6, 6.07) is 15.7. The Bertz CT molecular complexity index is 750. The first-order chi connectivity index (χ1) is 10.3. The summed E-state index contributed by atoms with van der Waals surface area (Å²) in [4.78, 5) is 4.22. The molecule has 0 saturated heterocycles. The van der Waals surface area contributed by atoms with E-state index in [1.165, 1.54) is 0 Å². The molecule has 1 atom stereocenters. The number of hydrogen-bond donors (Lipinski definition) is 1. The molecule has 0 spiro atoms. The molecule has 0 fully saturated rings. The van der Waals surface area contributed by atoms with Gasteiger partial charge in [0.25, 0.3) is 0 Å². The molecule has 106 valence electrons. The van der Waals surface area contributed by atoms with Crippen molar-refractivity contribution in [2.45, 2.75) is 12.5 Å². The lowest BCUT2D eigenvalue weighted by Crippen LogP contribution is -2.03. The summed E-state index contributed by atoms with van der Waals surface area (Å²) in [6.07, 6.45) is 3.51. The molecular formula is C18H17NO2. The van der Waals surface area contributed by atoms with Crippen LogP contribution in [0.2, 0.25) is 0 Å². The van der Waals surface area contributed by atoms with Crippen LogP contribution in [-0.2, 0) is 6.42 Å². The van der Waals surface area contributed by atoms with Crippen LogP contribution in [-0.4, -0.2) is 17.2 Å². The number of aliphatic hydroxyl groups excluding tert-OH is 1. The summed E-state index contributed by atoms with van der Waals surface area (Å²) in [7, 11) is 1.64. The highest BCUT2D eigenvalue weighted by atomic mass is 16.5. The molecule has 0 aliphatic rings. The van der Waals surface area contributed by atoms with E-state index in [9.17, 15) is 5.11 Å². The van der Waals surface area contributed by atoms with Gasteiger partial charge in [-0.3, -0.25) is 4.98 Å². The maximum atomic E-state index is 10.6. The third-order valence-corrected chi connectivity index (χ3v) is 3.62. The number of rotatable bonds is 4. The Balaban J connectivity index is 1.91. The molecule has 0 aliphatic heterocycles.